The Labute approximate surface area is 174 Å². The summed E-state index contributed by atoms with van der Waals surface area (Å²) in [5.74, 6) is 1.29. The molecule has 3 aliphatic rings. The molecule has 3 heterocycles. The van der Waals surface area contributed by atoms with E-state index in [1.807, 2.05) is 23.7 Å². The summed E-state index contributed by atoms with van der Waals surface area (Å²) in [4.78, 5) is 23.7. The highest BCUT2D eigenvalue weighted by Crippen LogP contribution is 2.33. The van der Waals surface area contributed by atoms with Crippen LogP contribution in [0.4, 0.5) is 0 Å². The van der Waals surface area contributed by atoms with Crippen LogP contribution in [0.25, 0.3) is 0 Å². The van der Waals surface area contributed by atoms with Crippen molar-refractivity contribution in [3.05, 3.63) is 0 Å². The monoisotopic (exact) mass is 411 g/mol. The van der Waals surface area contributed by atoms with Crippen LogP contribution in [0.5, 0.6) is 0 Å². The fraction of sp³-hybridized carbons (Fsp3) is 0.900. The normalized spacial score (nSPS) is 24.3. The first-order valence-electron chi connectivity index (χ1n) is 10.7. The number of nitrogens with zero attached hydrogens (tertiary/aromatic N) is 4. The van der Waals surface area contributed by atoms with Gasteiger partial charge in [0, 0.05) is 70.8 Å². The number of piperazine rings is 1. The number of hydrogen-bond donors (Lipinski definition) is 1. The SMILES string of the molecule is CN=C(NCC1(SC)CCOCC1)N1CCN(CC(=O)N2CCCCC2)CC1. The van der Waals surface area contributed by atoms with Gasteiger partial charge in [0.1, 0.15) is 0 Å². The minimum Gasteiger partial charge on any atom is -0.381 e. The van der Waals surface area contributed by atoms with Crippen molar-refractivity contribution in [3.63, 3.8) is 0 Å². The molecule has 0 spiro atoms. The van der Waals surface area contributed by atoms with Crippen LogP contribution in [0, 0.1) is 0 Å². The van der Waals surface area contributed by atoms with Crippen LogP contribution in [-0.2, 0) is 9.53 Å². The molecule has 3 fully saturated rings. The van der Waals surface area contributed by atoms with Gasteiger partial charge in [0.15, 0.2) is 5.96 Å². The Hall–Kier alpha value is -0.990. The Bertz CT molecular complexity index is 525. The predicted octanol–water partition coefficient (Wildman–Crippen LogP) is 1.10. The first-order chi connectivity index (χ1) is 13.7. The summed E-state index contributed by atoms with van der Waals surface area (Å²) in [7, 11) is 1.87. The molecule has 0 bridgehead atoms. The summed E-state index contributed by atoms with van der Waals surface area (Å²) in [5.41, 5.74) is 0. The maximum Gasteiger partial charge on any atom is 0.236 e. The molecule has 3 rings (SSSR count). The van der Waals surface area contributed by atoms with Crippen molar-refractivity contribution < 1.29 is 9.53 Å². The summed E-state index contributed by atoms with van der Waals surface area (Å²) in [5, 5.41) is 3.61. The zero-order valence-electron chi connectivity index (χ0n) is 17.6. The summed E-state index contributed by atoms with van der Waals surface area (Å²) in [6.45, 7) is 8.76. The molecule has 3 saturated heterocycles. The van der Waals surface area contributed by atoms with Gasteiger partial charge in [-0.1, -0.05) is 0 Å². The third kappa shape index (κ3) is 5.76. The largest absolute Gasteiger partial charge is 0.381 e. The minimum atomic E-state index is 0.247. The third-order valence-electron chi connectivity index (χ3n) is 6.36. The summed E-state index contributed by atoms with van der Waals surface area (Å²) in [6.07, 6.45) is 7.96. The van der Waals surface area contributed by atoms with E-state index in [0.29, 0.717) is 12.5 Å². The van der Waals surface area contributed by atoms with Gasteiger partial charge in [-0.2, -0.15) is 11.8 Å². The first kappa shape index (κ1) is 21.7. The summed E-state index contributed by atoms with van der Waals surface area (Å²) < 4.78 is 5.79. The van der Waals surface area contributed by atoms with Crippen LogP contribution in [0.1, 0.15) is 32.1 Å². The third-order valence-corrected chi connectivity index (χ3v) is 7.78. The Kier molecular flexibility index (Phi) is 8.29. The van der Waals surface area contributed by atoms with Crippen molar-refractivity contribution in [2.45, 2.75) is 36.9 Å². The van der Waals surface area contributed by atoms with Crippen molar-refractivity contribution in [2.75, 3.05) is 78.9 Å². The van der Waals surface area contributed by atoms with Crippen LogP contribution in [0.2, 0.25) is 0 Å². The van der Waals surface area contributed by atoms with E-state index in [1.54, 1.807) is 0 Å². The maximum atomic E-state index is 12.5. The molecule has 0 saturated carbocycles. The van der Waals surface area contributed by atoms with Gasteiger partial charge in [-0.15, -0.1) is 0 Å². The highest BCUT2D eigenvalue weighted by Gasteiger charge is 2.32. The molecule has 0 aromatic rings. The summed E-state index contributed by atoms with van der Waals surface area (Å²) >= 11 is 1.95. The number of hydrogen-bond acceptors (Lipinski definition) is 5. The van der Waals surface area contributed by atoms with Crippen LogP contribution in [0.15, 0.2) is 4.99 Å². The van der Waals surface area contributed by atoms with Gasteiger partial charge in [0.2, 0.25) is 5.91 Å². The number of carbonyl (C=O) groups excluding carboxylic acids is 1. The maximum absolute atomic E-state index is 12.5. The van der Waals surface area contributed by atoms with Gasteiger partial charge in [-0.25, -0.2) is 0 Å². The van der Waals surface area contributed by atoms with Crippen molar-refractivity contribution in [1.82, 2.24) is 20.0 Å². The van der Waals surface area contributed by atoms with E-state index in [9.17, 15) is 4.79 Å². The number of ether oxygens (including phenoxy) is 1. The number of guanidine groups is 1. The quantitative estimate of drug-likeness (QED) is 0.540. The lowest BCUT2D eigenvalue weighted by atomic mass is 9.99. The molecule has 7 nitrogen and oxygen atoms in total. The van der Waals surface area contributed by atoms with E-state index in [-0.39, 0.29) is 4.75 Å². The van der Waals surface area contributed by atoms with Gasteiger partial charge < -0.3 is 19.9 Å². The van der Waals surface area contributed by atoms with E-state index < -0.39 is 0 Å². The first-order valence-corrected chi connectivity index (χ1v) is 12.0. The Morgan fingerprint density at radius 3 is 2.32 bits per heavy atom. The Morgan fingerprint density at radius 1 is 1.04 bits per heavy atom. The van der Waals surface area contributed by atoms with Crippen LogP contribution in [0.3, 0.4) is 0 Å². The second-order valence-corrected chi connectivity index (χ2v) is 9.38. The standard InChI is InChI=1S/C20H37N5O2S/c1-21-19(22-17-20(28-2)6-14-27-15-7-20)25-12-10-23(11-13-25)16-18(26)24-8-4-3-5-9-24/h3-17H2,1-2H3,(H,21,22). The lowest BCUT2D eigenvalue weighted by Crippen LogP contribution is -2.56. The summed E-state index contributed by atoms with van der Waals surface area (Å²) in [6, 6.07) is 0. The highest BCUT2D eigenvalue weighted by atomic mass is 32.2. The number of piperidine rings is 1. The van der Waals surface area contributed by atoms with E-state index in [4.69, 9.17) is 4.74 Å². The Balaban J connectivity index is 1.43. The molecule has 0 aromatic heterocycles. The second-order valence-electron chi connectivity index (χ2n) is 8.10. The molecular formula is C20H37N5O2S. The van der Waals surface area contributed by atoms with Crippen molar-refractivity contribution >= 4 is 23.6 Å². The zero-order chi connectivity index (χ0) is 19.8. The molecule has 3 aliphatic heterocycles. The molecule has 28 heavy (non-hydrogen) atoms. The Morgan fingerprint density at radius 2 is 1.71 bits per heavy atom. The molecule has 0 aliphatic carbocycles. The number of amides is 1. The lowest BCUT2D eigenvalue weighted by Gasteiger charge is -2.40. The average molecular weight is 412 g/mol. The average Bonchev–Trinajstić information content (AvgIpc) is 2.76. The van der Waals surface area contributed by atoms with Gasteiger partial charge >= 0.3 is 0 Å². The van der Waals surface area contributed by atoms with Crippen molar-refractivity contribution in [3.8, 4) is 0 Å². The number of carbonyl (C=O) groups is 1. The van der Waals surface area contributed by atoms with Crippen LogP contribution < -0.4 is 5.32 Å². The van der Waals surface area contributed by atoms with Crippen molar-refractivity contribution in [1.29, 1.82) is 0 Å². The second kappa shape index (κ2) is 10.7. The fourth-order valence-corrected chi connectivity index (χ4v) is 5.11. The van der Waals surface area contributed by atoms with E-state index >= 15 is 0 Å². The molecule has 1 amide bonds. The topological polar surface area (TPSA) is 60.4 Å². The number of thioether (sulfide) groups is 1. The number of likely N-dealkylation sites (tertiary alicyclic amines) is 1. The van der Waals surface area contributed by atoms with E-state index in [1.165, 1.54) is 6.42 Å². The van der Waals surface area contributed by atoms with Gasteiger partial charge in [0.05, 0.1) is 6.54 Å². The number of rotatable bonds is 5. The molecule has 8 heteroatoms. The van der Waals surface area contributed by atoms with Crippen LogP contribution >= 0.6 is 11.8 Å². The van der Waals surface area contributed by atoms with Crippen LogP contribution in [-0.4, -0.2) is 110 Å². The smallest absolute Gasteiger partial charge is 0.236 e. The molecule has 0 unspecified atom stereocenters. The minimum absolute atomic E-state index is 0.247. The zero-order valence-corrected chi connectivity index (χ0v) is 18.4. The van der Waals surface area contributed by atoms with Gasteiger partial charge in [-0.3, -0.25) is 14.7 Å². The van der Waals surface area contributed by atoms with Gasteiger partial charge in [0.25, 0.3) is 0 Å². The molecule has 1 N–H and O–H groups in total. The van der Waals surface area contributed by atoms with Crippen molar-refractivity contribution in [2.24, 2.45) is 4.99 Å². The molecule has 0 atom stereocenters. The number of aliphatic imine (C=N–C) groups is 1. The predicted molar refractivity (Wildman–Crippen MR) is 116 cm³/mol. The van der Waals surface area contributed by atoms with E-state index in [2.05, 4.69) is 26.4 Å². The number of nitrogens with one attached hydrogen (secondary N) is 1. The van der Waals surface area contributed by atoms with E-state index in [0.717, 1.165) is 90.7 Å². The highest BCUT2D eigenvalue weighted by molar-refractivity contribution is 8.00. The van der Waals surface area contributed by atoms with Gasteiger partial charge in [-0.05, 0) is 38.4 Å². The fourth-order valence-electron chi connectivity index (χ4n) is 4.32. The molecule has 0 radical (unpaired) electrons. The molecular weight excluding hydrogens is 374 g/mol. The molecule has 0 aromatic carbocycles. The lowest BCUT2D eigenvalue weighted by molar-refractivity contribution is -0.133. The molecule has 160 valence electrons.